The van der Waals surface area contributed by atoms with E-state index >= 15 is 0 Å². The fraction of sp³-hybridized carbons (Fsp3) is 0.382. The molecule has 2 rings (SSSR count). The Balaban J connectivity index is 0.0000180. The number of nitrogens with zero attached hydrogens (tertiary/aromatic N) is 3. The Labute approximate surface area is 371 Å². The topological polar surface area (TPSA) is 372 Å². The number of rotatable bonds is 28. The van der Waals surface area contributed by atoms with Crippen molar-refractivity contribution < 1.29 is 128 Å². The van der Waals surface area contributed by atoms with E-state index < -0.39 is 98.4 Å². The maximum atomic E-state index is 13.0. The molecule has 0 aromatic heterocycles. The first-order chi connectivity index (χ1) is 27.7. The molecular weight excluding hydrogens is 952 g/mol. The van der Waals surface area contributed by atoms with Gasteiger partial charge in [0.25, 0.3) is 0 Å². The summed E-state index contributed by atoms with van der Waals surface area (Å²) in [5.74, 6) is -12.2. The third-order valence-electron chi connectivity index (χ3n) is 7.83. The van der Waals surface area contributed by atoms with Gasteiger partial charge >= 0.3 is 41.8 Å². The summed E-state index contributed by atoms with van der Waals surface area (Å²) in [4.78, 5) is 110. The van der Waals surface area contributed by atoms with Gasteiger partial charge in [-0.05, 0) is 36.4 Å². The number of carbonyl (C=O) groups is 9. The van der Waals surface area contributed by atoms with Gasteiger partial charge in [0, 0.05) is 77.5 Å². The molecule has 0 bridgehead atoms. The SMILES string of the molecule is COc1ccc(NC(=O)CN(CCN(CCN(CC(=O)O)CC(=O)Nc2ccc(OC)c(NC(C(=O)O)C(=O)O)c2)CC(=O)O)CC(=O)O)cc1NC(C(=O)O)C(=O)O.[Gd]. The second-order valence-electron chi connectivity index (χ2n) is 12.3. The molecule has 0 saturated heterocycles. The van der Waals surface area contributed by atoms with E-state index in [0.29, 0.717) is 0 Å². The number of aliphatic carboxylic acids is 7. The predicted molar refractivity (Wildman–Crippen MR) is 201 cm³/mol. The zero-order valence-corrected chi connectivity index (χ0v) is 34.1. The number of anilines is 4. The van der Waals surface area contributed by atoms with E-state index in [0.717, 1.165) is 9.80 Å². The Morgan fingerprint density at radius 2 is 0.800 bits per heavy atom. The monoisotopic (exact) mass is 995 g/mol. The van der Waals surface area contributed by atoms with Crippen molar-refractivity contribution in [3.8, 4) is 11.5 Å². The van der Waals surface area contributed by atoms with Crippen LogP contribution in [0.2, 0.25) is 0 Å². The summed E-state index contributed by atoms with van der Waals surface area (Å²) in [6.07, 6.45) is 0. The Morgan fingerprint density at radius 1 is 0.500 bits per heavy atom. The number of benzene rings is 2. The number of carbonyl (C=O) groups excluding carboxylic acids is 2. The molecule has 11 N–H and O–H groups in total. The number of ether oxygens (including phenoxy) is 2. The maximum Gasteiger partial charge on any atom is 0.337 e. The summed E-state index contributed by atoms with van der Waals surface area (Å²) in [5.41, 5.74) is -0.103. The molecular formula is C34H43GdN7O18. The van der Waals surface area contributed by atoms with Crippen LogP contribution in [0.5, 0.6) is 11.5 Å². The summed E-state index contributed by atoms with van der Waals surface area (Å²) in [6.45, 7) is -3.75. The van der Waals surface area contributed by atoms with Gasteiger partial charge < -0.3 is 66.5 Å². The molecule has 0 saturated carbocycles. The summed E-state index contributed by atoms with van der Waals surface area (Å²) < 4.78 is 10.2. The number of methoxy groups -OCH3 is 2. The van der Waals surface area contributed by atoms with E-state index in [2.05, 4.69) is 21.3 Å². The van der Waals surface area contributed by atoms with Crippen LogP contribution in [-0.4, -0.2) is 189 Å². The quantitative estimate of drug-likeness (QED) is 0.0425. The number of nitrogens with one attached hydrogen (secondary N) is 4. The van der Waals surface area contributed by atoms with Crippen molar-refractivity contribution in [2.75, 3.05) is 94.4 Å². The van der Waals surface area contributed by atoms with Crippen LogP contribution in [0.3, 0.4) is 0 Å². The minimum absolute atomic E-state index is 0. The third-order valence-corrected chi connectivity index (χ3v) is 7.83. The number of amides is 2. The second-order valence-corrected chi connectivity index (χ2v) is 12.3. The van der Waals surface area contributed by atoms with Crippen LogP contribution in [0.25, 0.3) is 0 Å². The van der Waals surface area contributed by atoms with Crippen LogP contribution < -0.4 is 30.7 Å². The van der Waals surface area contributed by atoms with Crippen LogP contribution in [0.1, 0.15) is 0 Å². The molecule has 2 aromatic rings. The molecule has 0 unspecified atom stereocenters. The number of hydrogen-bond acceptors (Lipinski definition) is 16. The minimum Gasteiger partial charge on any atom is -0.495 e. The van der Waals surface area contributed by atoms with E-state index in [-0.39, 0.29) is 100 Å². The van der Waals surface area contributed by atoms with Gasteiger partial charge in [0.1, 0.15) is 11.5 Å². The van der Waals surface area contributed by atoms with Crippen LogP contribution >= 0.6 is 0 Å². The van der Waals surface area contributed by atoms with Crippen LogP contribution in [-0.2, 0) is 43.2 Å². The second kappa shape index (κ2) is 25.5. The number of carboxylic acid groups (broad SMARTS) is 7. The molecule has 0 fully saturated rings. The number of hydrogen-bond donors (Lipinski definition) is 11. The van der Waals surface area contributed by atoms with Gasteiger partial charge in [0.05, 0.1) is 58.3 Å². The van der Waals surface area contributed by atoms with Gasteiger partial charge in [0.2, 0.25) is 23.9 Å². The van der Waals surface area contributed by atoms with E-state index in [1.807, 2.05) is 0 Å². The molecule has 2 aromatic carbocycles. The average Bonchev–Trinajstić information content (AvgIpc) is 3.12. The first-order valence-electron chi connectivity index (χ1n) is 16.9. The van der Waals surface area contributed by atoms with Crippen molar-refractivity contribution in [3.63, 3.8) is 0 Å². The van der Waals surface area contributed by atoms with Crippen LogP contribution in [0.4, 0.5) is 22.7 Å². The van der Waals surface area contributed by atoms with Crippen molar-refractivity contribution in [1.82, 2.24) is 14.7 Å². The van der Waals surface area contributed by atoms with E-state index in [1.54, 1.807) is 0 Å². The summed E-state index contributed by atoms with van der Waals surface area (Å²) in [7, 11) is 2.47. The summed E-state index contributed by atoms with van der Waals surface area (Å²) >= 11 is 0. The van der Waals surface area contributed by atoms with Gasteiger partial charge in [0.15, 0.2) is 0 Å². The van der Waals surface area contributed by atoms with Gasteiger partial charge in [-0.25, -0.2) is 19.2 Å². The summed E-state index contributed by atoms with van der Waals surface area (Å²) in [6, 6.07) is 3.57. The molecule has 330 valence electrons. The molecule has 25 nitrogen and oxygen atoms in total. The molecule has 0 aliphatic heterocycles. The van der Waals surface area contributed by atoms with Crippen molar-refractivity contribution in [1.29, 1.82) is 0 Å². The minimum atomic E-state index is -2.07. The zero-order chi connectivity index (χ0) is 44.4. The Hall–Kier alpha value is -5.93. The van der Waals surface area contributed by atoms with E-state index in [9.17, 15) is 78.9 Å². The molecule has 0 aliphatic rings. The third kappa shape index (κ3) is 18.3. The molecule has 60 heavy (non-hydrogen) atoms. The van der Waals surface area contributed by atoms with Crippen LogP contribution in [0.15, 0.2) is 36.4 Å². The molecule has 0 heterocycles. The fourth-order valence-electron chi connectivity index (χ4n) is 5.21. The van der Waals surface area contributed by atoms with Crippen molar-refractivity contribution >= 4 is 76.3 Å². The van der Waals surface area contributed by atoms with Crippen LogP contribution in [0, 0.1) is 39.9 Å². The average molecular weight is 995 g/mol. The maximum absolute atomic E-state index is 13.0. The molecule has 26 heteroatoms. The van der Waals surface area contributed by atoms with Gasteiger partial charge in [-0.1, -0.05) is 0 Å². The zero-order valence-electron chi connectivity index (χ0n) is 31.8. The fourth-order valence-corrected chi connectivity index (χ4v) is 5.21. The molecule has 0 aliphatic carbocycles. The van der Waals surface area contributed by atoms with Crippen molar-refractivity contribution in [2.45, 2.75) is 12.1 Å². The van der Waals surface area contributed by atoms with E-state index in [1.165, 1.54) is 55.5 Å². The Morgan fingerprint density at radius 3 is 1.08 bits per heavy atom. The normalized spacial score (nSPS) is 10.8. The van der Waals surface area contributed by atoms with Crippen molar-refractivity contribution in [2.24, 2.45) is 0 Å². The Bertz CT molecular complexity index is 1750. The largest absolute Gasteiger partial charge is 0.495 e. The first kappa shape index (κ1) is 52.1. The van der Waals surface area contributed by atoms with Crippen molar-refractivity contribution in [3.05, 3.63) is 36.4 Å². The standard InChI is InChI=1S/C34H43N7O18.Gd/c1-58-22-5-3-18(11-20(22)37-29(31(50)51)32(52)53)35-24(42)13-40(16-27(46)47)9-7-39(15-26(44)45)8-10-41(17-28(48)49)14-25(43)36-19-4-6-23(59-2)21(12-19)38-30(33(54)55)34(56)57;/h3-6,11-12,29-30,37-38H,7-10,13-17H2,1-2H3,(H,35,42)(H,36,43)(H,44,45)(H,46,47)(H,48,49)(H,50,51)(H,52,53)(H,54,55)(H,56,57);. The van der Waals surface area contributed by atoms with Gasteiger partial charge in [-0.2, -0.15) is 0 Å². The smallest absolute Gasteiger partial charge is 0.337 e. The molecule has 2 amide bonds. The molecule has 0 spiro atoms. The Kier molecular flexibility index (Phi) is 22.2. The first-order valence-corrected chi connectivity index (χ1v) is 16.9. The van der Waals surface area contributed by atoms with E-state index in [4.69, 9.17) is 9.47 Å². The van der Waals surface area contributed by atoms with Gasteiger partial charge in [-0.3, -0.25) is 38.7 Å². The van der Waals surface area contributed by atoms with Gasteiger partial charge in [-0.15, -0.1) is 0 Å². The molecule has 0 atom stereocenters. The number of carboxylic acids is 7. The molecule has 0 radical (unpaired) electrons. The summed E-state index contributed by atoms with van der Waals surface area (Å²) in [5, 5.41) is 74.9. The predicted octanol–water partition coefficient (Wildman–Crippen LogP) is -1.66.